The van der Waals surface area contributed by atoms with Gasteiger partial charge < -0.3 is 5.32 Å². The van der Waals surface area contributed by atoms with Gasteiger partial charge in [-0.1, -0.05) is 65.0 Å². The van der Waals surface area contributed by atoms with Crippen LogP contribution in [0.25, 0.3) is 0 Å². The highest BCUT2D eigenvalue weighted by atomic mass is 15.0. The summed E-state index contributed by atoms with van der Waals surface area (Å²) < 4.78 is 0. The molecule has 0 heterocycles. The molecule has 1 aliphatic rings. The van der Waals surface area contributed by atoms with E-state index < -0.39 is 0 Å². The molecule has 2 atom stereocenters. The van der Waals surface area contributed by atoms with E-state index in [0.717, 1.165) is 0 Å². The lowest BCUT2D eigenvalue weighted by Gasteiger charge is -2.37. The molecular weight excluding hydrogens is 278 g/mol. The Balaban J connectivity index is 2.77. The fourth-order valence-electron chi connectivity index (χ4n) is 3.85. The first kappa shape index (κ1) is 20.3. The van der Waals surface area contributed by atoms with E-state index in [1.165, 1.54) is 69.1 Å². The van der Waals surface area contributed by atoms with Gasteiger partial charge in [0.2, 0.25) is 0 Å². The first-order valence-electron chi connectivity index (χ1n) is 9.96. The summed E-state index contributed by atoms with van der Waals surface area (Å²) in [7, 11) is 0. The predicted molar refractivity (Wildman–Crippen MR) is 105 cm³/mol. The van der Waals surface area contributed by atoms with Crippen LogP contribution in [0.2, 0.25) is 0 Å². The monoisotopic (exact) mass is 319 g/mol. The summed E-state index contributed by atoms with van der Waals surface area (Å²) >= 11 is 0. The van der Waals surface area contributed by atoms with Crippen LogP contribution in [0.5, 0.6) is 0 Å². The lowest BCUT2D eigenvalue weighted by molar-refractivity contribution is 0.388. The molecule has 0 amide bonds. The minimum Gasteiger partial charge on any atom is -0.380 e. The second-order valence-corrected chi connectivity index (χ2v) is 8.37. The number of unbranched alkanes of at least 4 members (excludes halogenated alkanes) is 2. The van der Waals surface area contributed by atoms with Crippen molar-refractivity contribution in [2.75, 3.05) is 0 Å². The van der Waals surface area contributed by atoms with E-state index in [9.17, 15) is 0 Å². The van der Waals surface area contributed by atoms with E-state index in [4.69, 9.17) is 0 Å². The SMILES string of the molecule is C=C(C(C)CCCCC)C(C)(C)N/C1=C(\C)CCCCCC1C. The molecule has 0 spiro atoms. The fraction of sp³-hybridized carbons (Fsp3) is 0.818. The Morgan fingerprint density at radius 3 is 2.61 bits per heavy atom. The van der Waals surface area contributed by atoms with Crippen molar-refractivity contribution in [1.82, 2.24) is 5.32 Å². The molecule has 0 saturated carbocycles. The molecule has 0 aromatic rings. The number of hydrogen-bond acceptors (Lipinski definition) is 1. The van der Waals surface area contributed by atoms with Crippen LogP contribution < -0.4 is 5.32 Å². The Labute approximate surface area is 146 Å². The van der Waals surface area contributed by atoms with Crippen molar-refractivity contribution >= 4 is 0 Å². The van der Waals surface area contributed by atoms with Gasteiger partial charge in [0.1, 0.15) is 0 Å². The first-order valence-corrected chi connectivity index (χ1v) is 9.96. The molecule has 0 radical (unpaired) electrons. The van der Waals surface area contributed by atoms with Gasteiger partial charge in [0.25, 0.3) is 0 Å². The quantitative estimate of drug-likeness (QED) is 0.375. The molecule has 0 aliphatic heterocycles. The van der Waals surface area contributed by atoms with Crippen molar-refractivity contribution in [2.24, 2.45) is 11.8 Å². The minimum absolute atomic E-state index is 0.0182. The smallest absolute Gasteiger partial charge is 0.0526 e. The van der Waals surface area contributed by atoms with Crippen molar-refractivity contribution < 1.29 is 0 Å². The average molecular weight is 320 g/mol. The molecule has 0 bridgehead atoms. The van der Waals surface area contributed by atoms with Gasteiger partial charge in [-0.25, -0.2) is 0 Å². The van der Waals surface area contributed by atoms with Crippen LogP contribution >= 0.6 is 0 Å². The van der Waals surface area contributed by atoms with Gasteiger partial charge >= 0.3 is 0 Å². The second kappa shape index (κ2) is 9.55. The standard InChI is InChI=1S/C22H41N/c1-8-9-11-14-17(2)20(5)22(6,7)23-21-18(3)15-12-10-13-16-19(21)4/h17-18,23H,5,8-16H2,1-4,6-7H3/b21-19+. The molecule has 1 rings (SSSR count). The van der Waals surface area contributed by atoms with Crippen molar-refractivity contribution in [2.45, 2.75) is 105 Å². The minimum atomic E-state index is -0.0182. The molecule has 0 fully saturated rings. The summed E-state index contributed by atoms with van der Waals surface area (Å²) in [5.41, 5.74) is 4.41. The zero-order valence-electron chi connectivity index (χ0n) is 16.7. The van der Waals surface area contributed by atoms with Crippen molar-refractivity contribution in [3.8, 4) is 0 Å². The van der Waals surface area contributed by atoms with Crippen LogP contribution in [0.4, 0.5) is 0 Å². The summed E-state index contributed by atoms with van der Waals surface area (Å²) in [6, 6.07) is 0. The van der Waals surface area contributed by atoms with Gasteiger partial charge in [-0.05, 0) is 63.9 Å². The van der Waals surface area contributed by atoms with Gasteiger partial charge in [-0.3, -0.25) is 0 Å². The molecule has 23 heavy (non-hydrogen) atoms. The lowest BCUT2D eigenvalue weighted by Crippen LogP contribution is -2.44. The number of rotatable bonds is 8. The van der Waals surface area contributed by atoms with Crippen LogP contribution in [-0.4, -0.2) is 5.54 Å². The van der Waals surface area contributed by atoms with E-state index >= 15 is 0 Å². The van der Waals surface area contributed by atoms with Gasteiger partial charge in [0, 0.05) is 5.70 Å². The highest BCUT2D eigenvalue weighted by molar-refractivity contribution is 5.23. The van der Waals surface area contributed by atoms with Crippen molar-refractivity contribution in [3.63, 3.8) is 0 Å². The normalized spacial score (nSPS) is 24.7. The summed E-state index contributed by atoms with van der Waals surface area (Å²) in [6.07, 6.45) is 11.9. The molecule has 134 valence electrons. The van der Waals surface area contributed by atoms with Gasteiger partial charge in [0.05, 0.1) is 5.54 Å². The molecular formula is C22H41N. The zero-order chi connectivity index (χ0) is 17.5. The fourth-order valence-corrected chi connectivity index (χ4v) is 3.85. The number of allylic oxidation sites excluding steroid dienone is 2. The third-order valence-electron chi connectivity index (χ3n) is 5.73. The molecule has 1 heteroatoms. The highest BCUT2D eigenvalue weighted by Gasteiger charge is 2.28. The largest absolute Gasteiger partial charge is 0.380 e. The Hall–Kier alpha value is -0.720. The average Bonchev–Trinajstić information content (AvgIpc) is 2.50. The van der Waals surface area contributed by atoms with Crippen molar-refractivity contribution in [3.05, 3.63) is 23.4 Å². The number of hydrogen-bond donors (Lipinski definition) is 1. The Kier molecular flexibility index (Phi) is 8.44. The third-order valence-corrected chi connectivity index (χ3v) is 5.73. The number of nitrogens with one attached hydrogen (secondary N) is 1. The summed E-state index contributed by atoms with van der Waals surface area (Å²) in [6.45, 7) is 18.5. The zero-order valence-corrected chi connectivity index (χ0v) is 16.7. The Morgan fingerprint density at radius 2 is 1.96 bits per heavy atom. The molecule has 1 nitrogen and oxygen atoms in total. The van der Waals surface area contributed by atoms with E-state index in [0.29, 0.717) is 11.8 Å². The first-order chi connectivity index (χ1) is 10.8. The lowest BCUT2D eigenvalue weighted by atomic mass is 9.81. The van der Waals surface area contributed by atoms with E-state index in [1.54, 1.807) is 5.57 Å². The van der Waals surface area contributed by atoms with E-state index in [1.807, 2.05) is 0 Å². The predicted octanol–water partition coefficient (Wildman–Crippen LogP) is 7.00. The molecule has 0 saturated heterocycles. The van der Waals surface area contributed by atoms with Crippen LogP contribution in [0.15, 0.2) is 23.4 Å². The summed E-state index contributed by atoms with van der Waals surface area (Å²) in [5.74, 6) is 1.24. The second-order valence-electron chi connectivity index (χ2n) is 8.37. The van der Waals surface area contributed by atoms with Gasteiger partial charge in [-0.2, -0.15) is 0 Å². The summed E-state index contributed by atoms with van der Waals surface area (Å²) in [5, 5.41) is 3.91. The molecule has 1 N–H and O–H groups in total. The maximum atomic E-state index is 4.48. The van der Waals surface area contributed by atoms with Crippen LogP contribution in [0, 0.1) is 11.8 Å². The van der Waals surface area contributed by atoms with Gasteiger partial charge in [0.15, 0.2) is 0 Å². The highest BCUT2D eigenvalue weighted by Crippen LogP contribution is 2.32. The van der Waals surface area contributed by atoms with Crippen LogP contribution in [0.3, 0.4) is 0 Å². The van der Waals surface area contributed by atoms with Crippen LogP contribution in [0.1, 0.15) is 99.3 Å². The molecule has 1 aliphatic carbocycles. The summed E-state index contributed by atoms with van der Waals surface area (Å²) in [4.78, 5) is 0. The van der Waals surface area contributed by atoms with Gasteiger partial charge in [-0.15, -0.1) is 0 Å². The molecule has 2 unspecified atom stereocenters. The Morgan fingerprint density at radius 1 is 1.26 bits per heavy atom. The van der Waals surface area contributed by atoms with Crippen LogP contribution in [-0.2, 0) is 0 Å². The van der Waals surface area contributed by atoms with E-state index in [2.05, 4.69) is 53.4 Å². The maximum Gasteiger partial charge on any atom is 0.0526 e. The Bertz CT molecular complexity index is 402. The maximum absolute atomic E-state index is 4.48. The molecule has 0 aromatic carbocycles. The third kappa shape index (κ3) is 6.36. The topological polar surface area (TPSA) is 12.0 Å². The van der Waals surface area contributed by atoms with E-state index in [-0.39, 0.29) is 5.54 Å². The van der Waals surface area contributed by atoms with Crippen molar-refractivity contribution in [1.29, 1.82) is 0 Å². The molecule has 0 aromatic heterocycles.